The zero-order valence-corrected chi connectivity index (χ0v) is 8.80. The van der Waals surface area contributed by atoms with Crippen molar-refractivity contribution in [1.29, 1.82) is 0 Å². The van der Waals surface area contributed by atoms with Gasteiger partial charge in [-0.3, -0.25) is 0 Å². The van der Waals surface area contributed by atoms with Crippen LogP contribution in [0.25, 0.3) is 0 Å². The Hall–Kier alpha value is -0.530. The van der Waals surface area contributed by atoms with E-state index < -0.39 is 5.97 Å². The molecule has 0 aromatic heterocycles. The van der Waals surface area contributed by atoms with Gasteiger partial charge in [-0.25, -0.2) is 9.90 Å². The highest BCUT2D eigenvalue weighted by atomic mass is 16.4. The summed E-state index contributed by atoms with van der Waals surface area (Å²) >= 11 is 0. The number of carbonyl (C=O) groups excluding carboxylic acids is 1. The van der Waals surface area contributed by atoms with Gasteiger partial charge in [-0.2, -0.15) is 0 Å². The van der Waals surface area contributed by atoms with Crippen LogP contribution in [0.2, 0.25) is 0 Å². The van der Waals surface area contributed by atoms with E-state index in [1.807, 2.05) is 0 Å². The minimum absolute atomic E-state index is 0.182. The summed E-state index contributed by atoms with van der Waals surface area (Å²) in [5.74, 6) is -0.353. The van der Waals surface area contributed by atoms with Crippen molar-refractivity contribution in [3.05, 3.63) is 0 Å². The van der Waals surface area contributed by atoms with Crippen LogP contribution < -0.4 is 0 Å². The van der Waals surface area contributed by atoms with Crippen molar-refractivity contribution in [1.82, 2.24) is 0 Å². The second kappa shape index (κ2) is 3.69. The maximum Gasteiger partial charge on any atom is 0.358 e. The van der Waals surface area contributed by atoms with Crippen LogP contribution in [-0.2, 0) is 9.90 Å². The third-order valence-corrected chi connectivity index (χ3v) is 3.29. The molecule has 1 aliphatic rings. The van der Waals surface area contributed by atoms with E-state index in [4.69, 9.17) is 0 Å². The van der Waals surface area contributed by atoms with Crippen molar-refractivity contribution in [2.45, 2.75) is 46.5 Å². The number of carbonyl (C=O) groups is 1. The van der Waals surface area contributed by atoms with Crippen LogP contribution in [0, 0.1) is 17.3 Å². The average Bonchev–Trinajstić information content (AvgIpc) is 2.03. The van der Waals surface area contributed by atoms with Gasteiger partial charge in [0.05, 0.1) is 5.92 Å². The Kier molecular flexibility index (Phi) is 2.99. The Labute approximate surface area is 80.3 Å². The quantitative estimate of drug-likeness (QED) is 0.615. The maximum atomic E-state index is 10.6. The van der Waals surface area contributed by atoms with Gasteiger partial charge in [0.25, 0.3) is 0 Å². The molecule has 2 nitrogen and oxygen atoms in total. The molecule has 0 aromatic rings. The van der Waals surface area contributed by atoms with Crippen molar-refractivity contribution < 1.29 is 9.90 Å². The van der Waals surface area contributed by atoms with Gasteiger partial charge in [-0.05, 0) is 37.0 Å². The lowest BCUT2D eigenvalue weighted by Gasteiger charge is -2.35. The van der Waals surface area contributed by atoms with E-state index in [2.05, 4.69) is 20.8 Å². The normalized spacial score (nSPS) is 30.1. The van der Waals surface area contributed by atoms with Crippen LogP contribution in [0.15, 0.2) is 0 Å². The molecule has 1 saturated carbocycles. The van der Waals surface area contributed by atoms with Crippen molar-refractivity contribution in [3.8, 4) is 0 Å². The van der Waals surface area contributed by atoms with Gasteiger partial charge in [0, 0.05) is 0 Å². The molecule has 13 heavy (non-hydrogen) atoms. The Balaban J connectivity index is 2.44. The maximum absolute atomic E-state index is 10.6. The first-order chi connectivity index (χ1) is 5.91. The molecule has 0 bridgehead atoms. The molecule has 0 unspecified atom stereocenters. The predicted molar refractivity (Wildman–Crippen MR) is 50.6 cm³/mol. The Morgan fingerprint density at radius 1 is 1.08 bits per heavy atom. The summed E-state index contributed by atoms with van der Waals surface area (Å²) in [7, 11) is 0. The Morgan fingerprint density at radius 3 is 1.85 bits per heavy atom. The predicted octanol–water partition coefficient (Wildman–Crippen LogP) is 2.80. The molecule has 0 aromatic carbocycles. The smallest absolute Gasteiger partial charge is 0.247 e. The summed E-state index contributed by atoms with van der Waals surface area (Å²) in [5, 5.41) is 10.6. The molecular formula is C11H19O2. The van der Waals surface area contributed by atoms with E-state index in [0.29, 0.717) is 11.3 Å². The van der Waals surface area contributed by atoms with Crippen LogP contribution in [0.3, 0.4) is 0 Å². The van der Waals surface area contributed by atoms with E-state index in [1.54, 1.807) is 0 Å². The number of hydrogen-bond acceptors (Lipinski definition) is 1. The van der Waals surface area contributed by atoms with Crippen LogP contribution in [0.4, 0.5) is 0 Å². The van der Waals surface area contributed by atoms with Crippen molar-refractivity contribution in [2.75, 3.05) is 0 Å². The Bertz CT molecular complexity index is 183. The lowest BCUT2D eigenvalue weighted by molar-refractivity contribution is -0.149. The van der Waals surface area contributed by atoms with E-state index in [0.717, 1.165) is 25.7 Å². The van der Waals surface area contributed by atoms with Crippen LogP contribution in [-0.4, -0.2) is 5.97 Å². The van der Waals surface area contributed by atoms with E-state index in [9.17, 15) is 9.90 Å². The lowest BCUT2D eigenvalue weighted by Crippen LogP contribution is -2.28. The first-order valence-electron chi connectivity index (χ1n) is 5.12. The molecule has 2 heteroatoms. The summed E-state index contributed by atoms with van der Waals surface area (Å²) in [5.41, 5.74) is 0.330. The first-order valence-corrected chi connectivity index (χ1v) is 5.12. The summed E-state index contributed by atoms with van der Waals surface area (Å²) in [4.78, 5) is 10.6. The molecule has 0 amide bonds. The minimum atomic E-state index is -0.854. The van der Waals surface area contributed by atoms with Gasteiger partial charge >= 0.3 is 5.97 Å². The van der Waals surface area contributed by atoms with Crippen molar-refractivity contribution >= 4 is 5.97 Å². The monoisotopic (exact) mass is 183 g/mol. The Morgan fingerprint density at radius 2 is 1.54 bits per heavy atom. The van der Waals surface area contributed by atoms with Gasteiger partial charge in [-0.1, -0.05) is 20.8 Å². The molecule has 0 N–H and O–H groups in total. The van der Waals surface area contributed by atoms with Crippen LogP contribution >= 0.6 is 0 Å². The fraction of sp³-hybridized carbons (Fsp3) is 0.909. The molecule has 0 atom stereocenters. The van der Waals surface area contributed by atoms with Gasteiger partial charge in [0.2, 0.25) is 0 Å². The minimum Gasteiger partial charge on any atom is -0.247 e. The van der Waals surface area contributed by atoms with Gasteiger partial charge in [-0.15, -0.1) is 0 Å². The molecule has 1 aliphatic carbocycles. The van der Waals surface area contributed by atoms with E-state index in [-0.39, 0.29) is 5.92 Å². The summed E-state index contributed by atoms with van der Waals surface area (Å²) in [6, 6.07) is 0. The molecule has 0 aliphatic heterocycles. The zero-order valence-electron chi connectivity index (χ0n) is 8.80. The highest BCUT2D eigenvalue weighted by molar-refractivity contribution is 5.69. The van der Waals surface area contributed by atoms with Crippen LogP contribution in [0.5, 0.6) is 0 Å². The second-order valence-electron chi connectivity index (χ2n) is 5.23. The summed E-state index contributed by atoms with van der Waals surface area (Å²) in [6.45, 7) is 6.70. The summed E-state index contributed by atoms with van der Waals surface area (Å²) in [6.07, 6.45) is 3.71. The standard InChI is InChI=1S/C11H19O2/c1-11(2,3)9-6-4-8(5-7-9)10(12)13/h8-9H,4-7H2,1-3H3. The SMILES string of the molecule is CC(C)(C)C1CCC(C([O])=O)CC1. The molecule has 0 saturated heterocycles. The van der Waals surface area contributed by atoms with E-state index in [1.165, 1.54) is 0 Å². The molecule has 75 valence electrons. The van der Waals surface area contributed by atoms with Gasteiger partial charge in [0.15, 0.2) is 0 Å². The first kappa shape index (κ1) is 10.6. The zero-order chi connectivity index (χ0) is 10.1. The number of rotatable bonds is 1. The highest BCUT2D eigenvalue weighted by Crippen LogP contribution is 2.39. The van der Waals surface area contributed by atoms with Gasteiger partial charge in [0.1, 0.15) is 0 Å². The lowest BCUT2D eigenvalue weighted by atomic mass is 9.70. The molecule has 1 rings (SSSR count). The number of hydrogen-bond donors (Lipinski definition) is 0. The van der Waals surface area contributed by atoms with Crippen LogP contribution in [0.1, 0.15) is 46.5 Å². The molecular weight excluding hydrogens is 164 g/mol. The summed E-state index contributed by atoms with van der Waals surface area (Å²) < 4.78 is 0. The van der Waals surface area contributed by atoms with Crippen molar-refractivity contribution in [3.63, 3.8) is 0 Å². The fourth-order valence-corrected chi connectivity index (χ4v) is 2.20. The van der Waals surface area contributed by atoms with Crippen molar-refractivity contribution in [2.24, 2.45) is 17.3 Å². The third-order valence-electron chi connectivity index (χ3n) is 3.29. The molecule has 0 heterocycles. The molecule has 0 spiro atoms. The van der Waals surface area contributed by atoms with E-state index >= 15 is 0 Å². The third kappa shape index (κ3) is 2.71. The largest absolute Gasteiger partial charge is 0.358 e. The van der Waals surface area contributed by atoms with Gasteiger partial charge < -0.3 is 0 Å². The fourth-order valence-electron chi connectivity index (χ4n) is 2.20. The average molecular weight is 183 g/mol. The topological polar surface area (TPSA) is 37.0 Å². The second-order valence-corrected chi connectivity index (χ2v) is 5.23. The molecule has 1 radical (unpaired) electrons. The molecule has 1 fully saturated rings. The highest BCUT2D eigenvalue weighted by Gasteiger charge is 2.32.